The lowest BCUT2D eigenvalue weighted by molar-refractivity contribution is -0.140. The lowest BCUT2D eigenvalue weighted by atomic mass is 10.2. The first-order valence-corrected chi connectivity index (χ1v) is 52.8. The number of carbonyl (C=O) groups is 18. The van der Waals surface area contributed by atoms with E-state index in [1.165, 1.54) is 103 Å². The fourth-order valence-electron chi connectivity index (χ4n) is 12.5. The molecule has 0 unspecified atom stereocenters. The summed E-state index contributed by atoms with van der Waals surface area (Å²) in [6, 6.07) is 44.2. The number of fused-ring (bicyclic) bond motifs is 8. The van der Waals surface area contributed by atoms with E-state index in [0.717, 1.165) is 91.8 Å². The van der Waals surface area contributed by atoms with Gasteiger partial charge in [0.15, 0.2) is 0 Å². The Balaban J connectivity index is 0.000000174. The second kappa shape index (κ2) is 38.2. The third-order valence-corrected chi connectivity index (χ3v) is 40.6. The Bertz CT molecular complexity index is 7300. The number of ketones is 8. The largest absolute Gasteiger partial charge is 0.317 e. The molecule has 16 rings (SSSR count). The summed E-state index contributed by atoms with van der Waals surface area (Å²) in [5.41, 5.74) is 1.43. The Morgan fingerprint density at radius 3 is 0.500 bits per heavy atom. The normalized spacial score (nSPS) is 17.8. The van der Waals surface area contributed by atoms with Crippen LogP contribution in [0.1, 0.15) is 92.8 Å². The zero-order chi connectivity index (χ0) is 102. The average molecular weight is 2090 g/mol. The molecule has 10 amide bonds. The molecule has 0 N–H and O–H groups in total. The molecule has 0 atom stereocenters. The molecule has 0 aromatic heterocycles. The van der Waals surface area contributed by atoms with Crippen LogP contribution in [0, 0.1) is 0 Å². The second-order valence-corrected chi connectivity index (χ2v) is 48.1. The number of amides is 10. The van der Waals surface area contributed by atoms with Crippen LogP contribution >= 0.6 is 0 Å². The van der Waals surface area contributed by atoms with Gasteiger partial charge in [0.2, 0.25) is 46.3 Å². The summed E-state index contributed by atoms with van der Waals surface area (Å²) in [5.74, 6) is -20.3. The molecule has 48 nitrogen and oxygen atoms in total. The van der Waals surface area contributed by atoms with Crippen LogP contribution in [0.4, 0.5) is 0 Å². The zero-order valence-corrected chi connectivity index (χ0v) is 79.0. The number of nitrogens with zero attached hydrogens (tertiary/aromatic N) is 8. The van der Waals surface area contributed by atoms with Gasteiger partial charge in [-0.2, -0.15) is 59.1 Å². The van der Waals surface area contributed by atoms with Gasteiger partial charge in [0.1, 0.15) is 39.2 Å². The molecule has 59 heteroatoms. The fourth-order valence-corrected chi connectivity index (χ4v) is 33.4. The highest BCUT2D eigenvalue weighted by Crippen LogP contribution is 2.41. The summed E-state index contributed by atoms with van der Waals surface area (Å²) in [6.45, 7) is 7.22. The molecule has 0 bridgehead atoms. The molecular weight excluding hydrogens is 2030 g/mol. The predicted molar refractivity (Wildman–Crippen MR) is 451 cm³/mol. The number of carbonyl (C=O) groups excluding carboxylic acids is 18. The molecule has 0 saturated carbocycles. The van der Waals surface area contributed by atoms with E-state index in [-0.39, 0.29) is 75.0 Å². The maximum Gasteiger partial charge on any atom is 0.317 e. The smallest absolute Gasteiger partial charge is 0.289 e. The van der Waals surface area contributed by atoms with Crippen LogP contribution in [0.15, 0.2) is 248 Å². The predicted octanol–water partition coefficient (Wildman–Crippen LogP) is -0.701. The monoisotopic (exact) mass is 2090 g/mol. The summed E-state index contributed by atoms with van der Waals surface area (Å²) in [7, 11) is -47.1. The third-order valence-electron chi connectivity index (χ3n) is 18.7. The van der Waals surface area contributed by atoms with Crippen molar-refractivity contribution in [2.75, 3.05) is 0 Å². The van der Waals surface area contributed by atoms with Crippen molar-refractivity contribution in [3.8, 4) is 0 Å². The van der Waals surface area contributed by atoms with Crippen molar-refractivity contribution in [2.24, 2.45) is 0 Å². The van der Waals surface area contributed by atoms with Crippen LogP contribution in [0.25, 0.3) is 0 Å². The molecule has 0 radical (unpaired) electrons. The highest BCUT2D eigenvalue weighted by Gasteiger charge is 2.55. The number of Topliss-reactive ketones (excluding diaryl/α,β-unsaturated/α-hetero) is 8. The lowest BCUT2D eigenvalue weighted by Crippen LogP contribution is -2.39. The van der Waals surface area contributed by atoms with Gasteiger partial charge < -0.3 is 0 Å². The van der Waals surface area contributed by atoms with Crippen molar-refractivity contribution in [3.05, 3.63) is 222 Å². The number of benzene rings is 8. The first-order chi connectivity index (χ1) is 62.7. The highest BCUT2D eigenvalue weighted by molar-refractivity contribution is 8.09. The van der Waals surface area contributed by atoms with E-state index in [9.17, 15) is 179 Å². The van der Waals surface area contributed by atoms with Gasteiger partial charge in [0.25, 0.3) is 122 Å². The van der Waals surface area contributed by atoms with E-state index in [2.05, 4.69) is 0 Å². The Morgan fingerprint density at radius 2 is 0.338 bits per heavy atom. The van der Waals surface area contributed by atoms with E-state index >= 15 is 0 Å². The minimum atomic E-state index is -4.52. The van der Waals surface area contributed by atoms with Gasteiger partial charge >= 0.3 is 47.3 Å². The van der Waals surface area contributed by atoms with Gasteiger partial charge in [0.05, 0.1) is 45.4 Å². The van der Waals surface area contributed by atoms with Crippen LogP contribution in [-0.4, -0.2) is 231 Å². The molecule has 0 saturated heterocycles. The van der Waals surface area contributed by atoms with E-state index in [0.29, 0.717) is 29.6 Å². The highest BCUT2D eigenvalue weighted by atomic mass is 32.3. The molecule has 716 valence electrons. The van der Waals surface area contributed by atoms with Crippen molar-refractivity contribution in [1.82, 2.24) is 32.7 Å². The molecule has 136 heavy (non-hydrogen) atoms. The Hall–Kier alpha value is -14.3. The first-order valence-electron chi connectivity index (χ1n) is 37.0. The summed E-state index contributed by atoms with van der Waals surface area (Å²) in [6.07, 6.45) is 0. The van der Waals surface area contributed by atoms with Gasteiger partial charge in [-0.05, 0) is 95.6 Å². The average Bonchev–Trinajstić information content (AvgIpc) is 1.56. The van der Waals surface area contributed by atoms with Crippen molar-refractivity contribution in [3.63, 3.8) is 0 Å². The van der Waals surface area contributed by atoms with E-state index in [1.807, 2.05) is 0 Å². The molecule has 0 aliphatic carbocycles. The Labute approximate surface area is 772 Å². The molecule has 8 aromatic rings. The topological polar surface area (TPSA) is 709 Å². The van der Waals surface area contributed by atoms with Crippen molar-refractivity contribution in [1.29, 1.82) is 0 Å². The van der Waals surface area contributed by atoms with Gasteiger partial charge in [-0.15, -0.1) is 11.1 Å². The van der Waals surface area contributed by atoms with Crippen LogP contribution in [0.5, 0.6) is 0 Å². The molecule has 8 aromatic carbocycles. The number of rotatable bonds is 8. The Morgan fingerprint density at radius 1 is 0.184 bits per heavy atom. The lowest BCUT2D eigenvalue weighted by Gasteiger charge is -2.12. The zero-order valence-electron chi connectivity index (χ0n) is 70.0. The molecule has 0 spiro atoms. The van der Waals surface area contributed by atoms with Crippen LogP contribution in [-0.2, 0) is 207 Å². The third kappa shape index (κ3) is 19.0. The number of hydrogen-bond acceptors (Lipinski definition) is 40. The fraction of sp³-hybridized carbons (Fsp3) is 0.143. The maximum atomic E-state index is 11.9. The molecular formula is C77H62N8O40S11. The van der Waals surface area contributed by atoms with Crippen molar-refractivity contribution in [2.45, 2.75) is 129 Å². The summed E-state index contributed by atoms with van der Waals surface area (Å²) in [4.78, 5) is 199. The summed E-state index contributed by atoms with van der Waals surface area (Å²) < 4.78 is 263. The molecule has 8 heterocycles. The van der Waals surface area contributed by atoms with Gasteiger partial charge in [-0.3, -0.25) is 86.3 Å². The van der Waals surface area contributed by atoms with Crippen LogP contribution in [0.2, 0.25) is 0 Å². The number of hydrogen-bond donors (Lipinski definition) is 0. The molecule has 8 aliphatic heterocycles. The van der Waals surface area contributed by atoms with Crippen molar-refractivity contribution >= 4 is 216 Å². The standard InChI is InChI=1S/2C10H7NO5S.3C10H9NO4S.3C9H7NO6S2/c2*1-6(12)9(13)11-10(14)7-4-2-3-5-8(7)17(11,15)16;3*1-7(12)10(13)11-6-8-4-2-3-5-9(8)16(11,14)15;3*1-6(11)9(12)10-17(13,14)7-4-2-3-5-8(7)18(10,15)16/h2*2-5H,1H3;3*2-5H,6H2,1H3;3*2-5H,1H3. The first kappa shape index (κ1) is 105. The van der Waals surface area contributed by atoms with E-state index < -0.39 is 245 Å². The quantitative estimate of drug-likeness (QED) is 0.170. The van der Waals surface area contributed by atoms with Crippen LogP contribution < -0.4 is 0 Å². The van der Waals surface area contributed by atoms with Gasteiger partial charge in [0, 0.05) is 55.4 Å². The minimum absolute atomic E-state index is 0.0139. The molecule has 8 aliphatic rings. The second-order valence-electron chi connectivity index (χ2n) is 27.9. The summed E-state index contributed by atoms with van der Waals surface area (Å²) >= 11 is 0. The molecule has 0 fully saturated rings. The van der Waals surface area contributed by atoms with Crippen molar-refractivity contribution < 1.29 is 179 Å². The van der Waals surface area contributed by atoms with E-state index in [4.69, 9.17) is 0 Å². The minimum Gasteiger partial charge on any atom is -0.289 e. The van der Waals surface area contributed by atoms with Gasteiger partial charge in [-0.25, -0.2) is 55.0 Å². The number of sulfonamides is 11. The SMILES string of the molecule is CC(=O)C(=O)N1C(=O)c2ccccc2S1(=O)=O.CC(=O)C(=O)N1C(=O)c2ccccc2S1(=O)=O.CC(=O)C(=O)N1Cc2ccccc2S1(=O)=O.CC(=O)C(=O)N1Cc2ccccc2S1(=O)=O.CC(=O)C(=O)N1Cc2ccccc2S1(=O)=O.CC(=O)C(=O)N1S(=O)(=O)c2ccccc2S1(=O)=O.CC(=O)C(=O)N1S(=O)(=O)c2ccccc2S1(=O)=O.CC(=O)C(=O)N1S(=O)(=O)c2ccccc2S1(=O)=O. The van der Waals surface area contributed by atoms with Gasteiger partial charge in [-0.1, -0.05) is 115 Å². The maximum absolute atomic E-state index is 11.9. The summed E-state index contributed by atoms with van der Waals surface area (Å²) in [5, 5.41) is 0. The van der Waals surface area contributed by atoms with Crippen LogP contribution in [0.3, 0.4) is 0 Å². The number of imide groups is 2. The van der Waals surface area contributed by atoms with E-state index in [1.54, 1.807) is 54.6 Å². The Kier molecular flexibility index (Phi) is 29.6.